The van der Waals surface area contributed by atoms with E-state index in [-0.39, 0.29) is 11.5 Å². The monoisotopic (exact) mass is 224 g/mol. The van der Waals surface area contributed by atoms with Crippen LogP contribution < -0.4 is 0 Å². The van der Waals surface area contributed by atoms with Gasteiger partial charge >= 0.3 is 6.09 Å². The number of carbonyl (C=O) groups excluding carboxylic acids is 1. The number of nitrogens with zero attached hydrogens (tertiary/aromatic N) is 2. The van der Waals surface area contributed by atoms with E-state index in [0.29, 0.717) is 25.6 Å². The van der Waals surface area contributed by atoms with Crippen LogP contribution in [0.25, 0.3) is 0 Å². The van der Waals surface area contributed by atoms with Gasteiger partial charge in [-0.1, -0.05) is 0 Å². The topological polar surface area (TPSA) is 53.3 Å². The van der Waals surface area contributed by atoms with Crippen molar-refractivity contribution in [1.82, 2.24) is 4.90 Å². The molecule has 1 fully saturated rings. The van der Waals surface area contributed by atoms with Crippen LogP contribution >= 0.6 is 0 Å². The number of nitriles is 1. The number of amides is 1. The maximum atomic E-state index is 11.5. The quantitative estimate of drug-likeness (QED) is 0.723. The van der Waals surface area contributed by atoms with Crippen molar-refractivity contribution in [2.24, 2.45) is 11.3 Å². The molecule has 4 heteroatoms. The summed E-state index contributed by atoms with van der Waals surface area (Å²) in [6.07, 6.45) is 1.55. The maximum absolute atomic E-state index is 11.5. The molecule has 0 saturated carbocycles. The largest absolute Gasteiger partial charge is 0.450 e. The molecule has 90 valence electrons. The lowest BCUT2D eigenvalue weighted by molar-refractivity contribution is 0.0798. The Morgan fingerprint density at radius 2 is 2.06 bits per heavy atom. The van der Waals surface area contributed by atoms with E-state index in [1.807, 2.05) is 20.8 Å². The lowest BCUT2D eigenvalue weighted by Crippen LogP contribution is -2.41. The van der Waals surface area contributed by atoms with Crippen LogP contribution in [-0.4, -0.2) is 30.7 Å². The van der Waals surface area contributed by atoms with Crippen LogP contribution in [0.1, 0.15) is 33.6 Å². The molecule has 0 N–H and O–H groups in total. The van der Waals surface area contributed by atoms with E-state index in [1.165, 1.54) is 0 Å². The average molecular weight is 224 g/mol. The molecule has 1 saturated heterocycles. The van der Waals surface area contributed by atoms with Crippen molar-refractivity contribution in [2.75, 3.05) is 19.7 Å². The molecule has 0 atom stereocenters. The molecule has 0 aromatic heterocycles. The first kappa shape index (κ1) is 12.8. The van der Waals surface area contributed by atoms with Crippen molar-refractivity contribution in [3.05, 3.63) is 0 Å². The Labute approximate surface area is 97.2 Å². The highest BCUT2D eigenvalue weighted by molar-refractivity contribution is 5.67. The minimum Gasteiger partial charge on any atom is -0.450 e. The predicted molar refractivity (Wildman–Crippen MR) is 60.7 cm³/mol. The van der Waals surface area contributed by atoms with Gasteiger partial charge in [-0.25, -0.2) is 4.79 Å². The van der Waals surface area contributed by atoms with Gasteiger partial charge in [0, 0.05) is 13.1 Å². The fourth-order valence-corrected chi connectivity index (χ4v) is 2.09. The lowest BCUT2D eigenvalue weighted by Gasteiger charge is -2.36. The maximum Gasteiger partial charge on any atom is 0.409 e. The van der Waals surface area contributed by atoms with E-state index in [0.717, 1.165) is 12.8 Å². The van der Waals surface area contributed by atoms with Gasteiger partial charge in [0.05, 0.1) is 18.1 Å². The van der Waals surface area contributed by atoms with Crippen LogP contribution in [0.2, 0.25) is 0 Å². The fourth-order valence-electron chi connectivity index (χ4n) is 2.09. The number of likely N-dealkylation sites (tertiary alicyclic amines) is 1. The van der Waals surface area contributed by atoms with Gasteiger partial charge < -0.3 is 9.64 Å². The van der Waals surface area contributed by atoms with Crippen molar-refractivity contribution in [1.29, 1.82) is 5.26 Å². The van der Waals surface area contributed by atoms with Crippen molar-refractivity contribution < 1.29 is 9.53 Å². The molecule has 0 bridgehead atoms. The Balaban J connectivity index is 2.46. The van der Waals surface area contributed by atoms with E-state index in [2.05, 4.69) is 6.07 Å². The molecule has 0 radical (unpaired) electrons. The molecular formula is C12H20N2O2. The molecule has 0 aromatic rings. The standard InChI is InChI=1S/C12H20N2O2/c1-4-16-11(15)14-7-5-10(6-8-14)12(2,3)9-13/h10H,4-8H2,1-3H3. The molecule has 0 aromatic carbocycles. The Bertz CT molecular complexity index is 286. The summed E-state index contributed by atoms with van der Waals surface area (Å²) >= 11 is 0. The number of hydrogen-bond donors (Lipinski definition) is 0. The highest BCUT2D eigenvalue weighted by atomic mass is 16.6. The molecule has 1 aliphatic rings. The van der Waals surface area contributed by atoms with E-state index >= 15 is 0 Å². The first-order chi connectivity index (χ1) is 7.51. The summed E-state index contributed by atoms with van der Waals surface area (Å²) in [5.74, 6) is 0.378. The van der Waals surface area contributed by atoms with E-state index in [1.54, 1.807) is 4.90 Å². The molecule has 4 nitrogen and oxygen atoms in total. The molecule has 1 rings (SSSR count). The molecule has 0 unspecified atom stereocenters. The van der Waals surface area contributed by atoms with Crippen LogP contribution in [0.15, 0.2) is 0 Å². The minimum absolute atomic E-state index is 0.226. The molecule has 0 aliphatic carbocycles. The first-order valence-corrected chi connectivity index (χ1v) is 5.84. The van der Waals surface area contributed by atoms with E-state index in [4.69, 9.17) is 10.00 Å². The summed E-state index contributed by atoms with van der Waals surface area (Å²) in [6, 6.07) is 2.35. The molecule has 16 heavy (non-hydrogen) atoms. The zero-order chi connectivity index (χ0) is 12.2. The third kappa shape index (κ3) is 2.88. The molecule has 0 spiro atoms. The zero-order valence-electron chi connectivity index (χ0n) is 10.3. The Morgan fingerprint density at radius 3 is 2.50 bits per heavy atom. The van der Waals surface area contributed by atoms with E-state index in [9.17, 15) is 4.79 Å². The van der Waals surface area contributed by atoms with Crippen molar-refractivity contribution in [3.63, 3.8) is 0 Å². The number of piperidine rings is 1. The normalized spacial score (nSPS) is 18.0. The zero-order valence-corrected chi connectivity index (χ0v) is 10.3. The van der Waals surface area contributed by atoms with Crippen LogP contribution in [0.3, 0.4) is 0 Å². The van der Waals surface area contributed by atoms with Crippen molar-refractivity contribution >= 4 is 6.09 Å². The summed E-state index contributed by atoms with van der Waals surface area (Å²) in [5, 5.41) is 9.05. The van der Waals surface area contributed by atoms with Gasteiger partial charge in [-0.3, -0.25) is 0 Å². The third-order valence-corrected chi connectivity index (χ3v) is 3.33. The molecule has 1 aliphatic heterocycles. The Morgan fingerprint density at radius 1 is 1.50 bits per heavy atom. The summed E-state index contributed by atoms with van der Waals surface area (Å²) in [4.78, 5) is 13.2. The van der Waals surface area contributed by atoms with Crippen molar-refractivity contribution in [2.45, 2.75) is 33.6 Å². The molecule has 1 amide bonds. The highest BCUT2D eigenvalue weighted by Crippen LogP contribution is 2.34. The number of ether oxygens (including phenoxy) is 1. The Kier molecular flexibility index (Phi) is 4.17. The smallest absolute Gasteiger partial charge is 0.409 e. The number of carbonyl (C=O) groups is 1. The van der Waals surface area contributed by atoms with Gasteiger partial charge in [0.15, 0.2) is 0 Å². The van der Waals surface area contributed by atoms with Gasteiger partial charge in [-0.2, -0.15) is 5.26 Å². The number of hydrogen-bond acceptors (Lipinski definition) is 3. The van der Waals surface area contributed by atoms with E-state index < -0.39 is 0 Å². The van der Waals surface area contributed by atoms with Gasteiger partial charge in [-0.05, 0) is 39.5 Å². The van der Waals surface area contributed by atoms with Crippen molar-refractivity contribution in [3.8, 4) is 6.07 Å². The summed E-state index contributed by atoms with van der Waals surface area (Å²) in [5.41, 5.74) is -0.291. The molecular weight excluding hydrogens is 204 g/mol. The summed E-state index contributed by atoms with van der Waals surface area (Å²) in [6.45, 7) is 7.57. The average Bonchev–Trinajstić information content (AvgIpc) is 2.29. The third-order valence-electron chi connectivity index (χ3n) is 3.33. The predicted octanol–water partition coefficient (Wildman–Crippen LogP) is 2.40. The van der Waals surface area contributed by atoms with Gasteiger partial charge in [0.2, 0.25) is 0 Å². The van der Waals surface area contributed by atoms with Crippen LogP contribution in [0, 0.1) is 22.7 Å². The second-order valence-corrected chi connectivity index (χ2v) is 4.79. The number of rotatable bonds is 2. The SMILES string of the molecule is CCOC(=O)N1CCC(C(C)(C)C#N)CC1. The second-order valence-electron chi connectivity index (χ2n) is 4.79. The van der Waals surface area contributed by atoms with Crippen LogP contribution in [-0.2, 0) is 4.74 Å². The summed E-state index contributed by atoms with van der Waals surface area (Å²) in [7, 11) is 0. The highest BCUT2D eigenvalue weighted by Gasteiger charge is 2.33. The second kappa shape index (κ2) is 5.20. The Hall–Kier alpha value is -1.24. The summed E-state index contributed by atoms with van der Waals surface area (Å²) < 4.78 is 4.95. The van der Waals surface area contributed by atoms with Gasteiger partial charge in [0.1, 0.15) is 0 Å². The minimum atomic E-state index is -0.291. The van der Waals surface area contributed by atoms with Crippen LogP contribution in [0.4, 0.5) is 4.79 Å². The fraction of sp³-hybridized carbons (Fsp3) is 0.833. The van der Waals surface area contributed by atoms with Gasteiger partial charge in [-0.15, -0.1) is 0 Å². The van der Waals surface area contributed by atoms with Gasteiger partial charge in [0.25, 0.3) is 0 Å². The van der Waals surface area contributed by atoms with Crippen LogP contribution in [0.5, 0.6) is 0 Å². The molecule has 1 heterocycles. The lowest BCUT2D eigenvalue weighted by atomic mass is 9.75. The first-order valence-electron chi connectivity index (χ1n) is 5.84.